The van der Waals surface area contributed by atoms with Gasteiger partial charge in [-0.05, 0) is 19.4 Å². The summed E-state index contributed by atoms with van der Waals surface area (Å²) >= 11 is 0. The Bertz CT molecular complexity index is 178. The van der Waals surface area contributed by atoms with Crippen molar-refractivity contribution in [2.75, 3.05) is 0 Å². The molecule has 2 nitrogen and oxygen atoms in total. The molecule has 0 radical (unpaired) electrons. The van der Waals surface area contributed by atoms with Gasteiger partial charge in [-0.3, -0.25) is 5.84 Å². The Morgan fingerprint density at radius 3 is 2.20 bits per heavy atom. The van der Waals surface area contributed by atoms with Crippen molar-refractivity contribution in [3.8, 4) is 0 Å². The second-order valence-corrected chi connectivity index (χ2v) is 2.30. The lowest BCUT2D eigenvalue weighted by atomic mass is 10.2. The zero-order valence-electron chi connectivity index (χ0n) is 6.57. The largest absolute Gasteiger partial charge is 0.324 e. The van der Waals surface area contributed by atoms with Crippen molar-refractivity contribution < 1.29 is 0 Å². The average Bonchev–Trinajstić information content (AvgIpc) is 1.85. The molecular weight excluding hydrogens is 124 g/mol. The van der Waals surface area contributed by atoms with Crippen LogP contribution in [0.3, 0.4) is 0 Å². The Morgan fingerprint density at radius 2 is 1.90 bits per heavy atom. The van der Waals surface area contributed by atoms with E-state index >= 15 is 0 Å². The van der Waals surface area contributed by atoms with Crippen LogP contribution >= 0.6 is 0 Å². The van der Waals surface area contributed by atoms with Crippen LogP contribution in [0.15, 0.2) is 36.1 Å². The van der Waals surface area contributed by atoms with Crippen LogP contribution in [-0.2, 0) is 0 Å². The molecule has 0 fully saturated rings. The fourth-order valence-corrected chi connectivity index (χ4v) is 0.571. The normalized spacial score (nSPS) is 10.9. The summed E-state index contributed by atoms with van der Waals surface area (Å²) in [6.07, 6.45) is 1.92. The number of nitrogens with one attached hydrogen (secondary N) is 1. The fraction of sp³-hybridized carbons (Fsp3) is 0.250. The number of hydrogen-bond acceptors (Lipinski definition) is 2. The molecule has 56 valence electrons. The minimum Gasteiger partial charge on any atom is -0.324 e. The predicted molar refractivity (Wildman–Crippen MR) is 45.0 cm³/mol. The van der Waals surface area contributed by atoms with Crippen LogP contribution in [0.4, 0.5) is 0 Å². The van der Waals surface area contributed by atoms with Crippen LogP contribution in [-0.4, -0.2) is 0 Å². The molecule has 0 aliphatic carbocycles. The maximum Gasteiger partial charge on any atom is 0.0442 e. The van der Waals surface area contributed by atoms with Gasteiger partial charge in [0.2, 0.25) is 0 Å². The van der Waals surface area contributed by atoms with Crippen LogP contribution in [0, 0.1) is 0 Å². The number of nitrogens with two attached hydrogens (primary N) is 1. The minimum absolute atomic E-state index is 0.725. The van der Waals surface area contributed by atoms with E-state index in [1.165, 1.54) is 0 Å². The van der Waals surface area contributed by atoms with Gasteiger partial charge in [0.05, 0.1) is 0 Å². The maximum absolute atomic E-state index is 5.13. The molecular formula is C8H14N2. The van der Waals surface area contributed by atoms with E-state index in [4.69, 9.17) is 5.84 Å². The molecule has 0 bridgehead atoms. The van der Waals surface area contributed by atoms with Crippen molar-refractivity contribution >= 4 is 0 Å². The van der Waals surface area contributed by atoms with Gasteiger partial charge in [-0.2, -0.15) is 0 Å². The maximum atomic E-state index is 5.13. The van der Waals surface area contributed by atoms with Gasteiger partial charge in [0.1, 0.15) is 0 Å². The molecule has 0 atom stereocenters. The Balaban J connectivity index is 4.19. The molecule has 0 aromatic rings. The summed E-state index contributed by atoms with van der Waals surface area (Å²) in [5, 5.41) is 0. The summed E-state index contributed by atoms with van der Waals surface area (Å²) in [6, 6.07) is 0. The highest BCUT2D eigenvalue weighted by Gasteiger charge is 1.91. The van der Waals surface area contributed by atoms with Crippen LogP contribution in [0.2, 0.25) is 0 Å². The molecule has 0 heterocycles. The van der Waals surface area contributed by atoms with Gasteiger partial charge in [-0.15, -0.1) is 0 Å². The summed E-state index contributed by atoms with van der Waals surface area (Å²) in [5.74, 6) is 5.13. The van der Waals surface area contributed by atoms with Gasteiger partial charge >= 0.3 is 0 Å². The zero-order valence-corrected chi connectivity index (χ0v) is 6.57. The van der Waals surface area contributed by atoms with Gasteiger partial charge < -0.3 is 5.43 Å². The molecule has 3 N–H and O–H groups in total. The van der Waals surface area contributed by atoms with Crippen molar-refractivity contribution in [2.45, 2.75) is 13.8 Å². The van der Waals surface area contributed by atoms with E-state index in [0.29, 0.717) is 0 Å². The van der Waals surface area contributed by atoms with E-state index in [1.54, 1.807) is 0 Å². The van der Waals surface area contributed by atoms with E-state index in [-0.39, 0.29) is 0 Å². The molecule has 2 heteroatoms. The van der Waals surface area contributed by atoms with E-state index in [2.05, 4.69) is 18.6 Å². The highest BCUT2D eigenvalue weighted by atomic mass is 15.2. The molecule has 0 aliphatic heterocycles. The lowest BCUT2D eigenvalue weighted by Gasteiger charge is -2.03. The lowest BCUT2D eigenvalue weighted by Crippen LogP contribution is -2.20. The summed E-state index contributed by atoms with van der Waals surface area (Å²) < 4.78 is 0. The first-order valence-corrected chi connectivity index (χ1v) is 3.07. The van der Waals surface area contributed by atoms with Crippen molar-refractivity contribution in [3.63, 3.8) is 0 Å². The molecule has 0 amide bonds. The van der Waals surface area contributed by atoms with E-state index in [9.17, 15) is 0 Å². The first-order chi connectivity index (χ1) is 4.57. The number of rotatable bonds is 3. The lowest BCUT2D eigenvalue weighted by molar-refractivity contribution is 0.900. The predicted octanol–water partition coefficient (Wildman–Crippen LogP) is 1.49. The highest BCUT2D eigenvalue weighted by Crippen LogP contribution is 2.04. The number of hydrazine groups is 1. The second kappa shape index (κ2) is 3.90. The molecule has 0 spiro atoms. The van der Waals surface area contributed by atoms with Crippen LogP contribution < -0.4 is 11.3 Å². The summed E-state index contributed by atoms with van der Waals surface area (Å²) in [6.45, 7) is 11.3. The van der Waals surface area contributed by atoms with E-state index < -0.39 is 0 Å². The third-order valence-electron chi connectivity index (χ3n) is 1.11. The first kappa shape index (κ1) is 8.98. The summed E-state index contributed by atoms with van der Waals surface area (Å²) in [7, 11) is 0. The Labute approximate surface area is 62.1 Å². The molecule has 10 heavy (non-hydrogen) atoms. The molecule has 0 rings (SSSR count). The van der Waals surface area contributed by atoms with Crippen molar-refractivity contribution in [2.24, 2.45) is 5.84 Å². The zero-order chi connectivity index (χ0) is 8.15. The van der Waals surface area contributed by atoms with Gasteiger partial charge in [0.25, 0.3) is 0 Å². The van der Waals surface area contributed by atoms with E-state index in [1.807, 2.05) is 19.9 Å². The van der Waals surface area contributed by atoms with Crippen LogP contribution in [0.1, 0.15) is 13.8 Å². The monoisotopic (exact) mass is 138 g/mol. The number of allylic oxidation sites excluding steroid dienone is 3. The second-order valence-electron chi connectivity index (χ2n) is 2.30. The van der Waals surface area contributed by atoms with Crippen molar-refractivity contribution in [1.29, 1.82) is 0 Å². The van der Waals surface area contributed by atoms with E-state index in [0.717, 1.165) is 16.8 Å². The van der Waals surface area contributed by atoms with Gasteiger partial charge in [0, 0.05) is 5.70 Å². The van der Waals surface area contributed by atoms with Crippen LogP contribution in [0.5, 0.6) is 0 Å². The standard InChI is InChI=1S/C8H14N2/c1-6(2)5-7(3)8(4)10-9/h5,10H,1,4,9H2,2-3H3/b7-5-. The third-order valence-corrected chi connectivity index (χ3v) is 1.11. The van der Waals surface area contributed by atoms with Gasteiger partial charge in [-0.25, -0.2) is 0 Å². The number of hydrogen-bond donors (Lipinski definition) is 2. The topological polar surface area (TPSA) is 38.0 Å². The summed E-state index contributed by atoms with van der Waals surface area (Å²) in [5.41, 5.74) is 5.19. The molecule has 0 saturated carbocycles. The summed E-state index contributed by atoms with van der Waals surface area (Å²) in [4.78, 5) is 0. The molecule has 0 saturated heterocycles. The molecule has 0 aromatic heterocycles. The average molecular weight is 138 g/mol. The van der Waals surface area contributed by atoms with Crippen molar-refractivity contribution in [1.82, 2.24) is 5.43 Å². The molecule has 0 aromatic carbocycles. The van der Waals surface area contributed by atoms with Crippen molar-refractivity contribution in [3.05, 3.63) is 36.1 Å². The molecule has 0 aliphatic rings. The van der Waals surface area contributed by atoms with Gasteiger partial charge in [-0.1, -0.05) is 24.8 Å². The SMILES string of the molecule is C=C(C)/C=C(/C)C(=C)NN. The molecule has 0 unspecified atom stereocenters. The smallest absolute Gasteiger partial charge is 0.0442 e. The van der Waals surface area contributed by atoms with Crippen LogP contribution in [0.25, 0.3) is 0 Å². The third kappa shape index (κ3) is 3.10. The minimum atomic E-state index is 0.725. The van der Waals surface area contributed by atoms with Gasteiger partial charge in [0.15, 0.2) is 0 Å². The Kier molecular flexibility index (Phi) is 3.51. The highest BCUT2D eigenvalue weighted by molar-refractivity contribution is 5.30. The first-order valence-electron chi connectivity index (χ1n) is 3.07. The fourth-order valence-electron chi connectivity index (χ4n) is 0.571. The Hall–Kier alpha value is -1.02. The Morgan fingerprint density at radius 1 is 1.40 bits per heavy atom. The quantitative estimate of drug-likeness (QED) is 0.352.